The van der Waals surface area contributed by atoms with Crippen molar-refractivity contribution in [3.63, 3.8) is 0 Å². The number of rotatable bonds is 4. The zero-order chi connectivity index (χ0) is 17.4. The number of amides is 1. The Hall–Kier alpha value is -3.04. The zero-order valence-electron chi connectivity index (χ0n) is 12.6. The van der Waals surface area contributed by atoms with Crippen molar-refractivity contribution in [3.8, 4) is 11.3 Å². The number of hydrogen-bond donors (Lipinski definition) is 2. The molecule has 0 atom stereocenters. The molecule has 0 aliphatic rings. The number of aromatic amines is 1. The number of fused-ring (bicyclic) bond motifs is 1. The Morgan fingerprint density at radius 2 is 2.08 bits per heavy atom. The summed E-state index contributed by atoms with van der Waals surface area (Å²) in [6.45, 7) is 0. The number of hydrogen-bond acceptors (Lipinski definition) is 6. The zero-order valence-corrected chi connectivity index (χ0v) is 14.2. The van der Waals surface area contributed by atoms with Gasteiger partial charge in [0.1, 0.15) is 0 Å². The molecular formula is C16H10N4O3S2. The molecule has 9 heteroatoms. The predicted octanol–water partition coefficient (Wildman–Crippen LogP) is 4.51. The average molecular weight is 370 g/mol. The molecule has 7 nitrogen and oxygen atoms in total. The van der Waals surface area contributed by atoms with E-state index in [2.05, 4.69) is 15.3 Å². The summed E-state index contributed by atoms with van der Waals surface area (Å²) in [5, 5.41) is 16.7. The van der Waals surface area contributed by atoms with Gasteiger partial charge in [0.2, 0.25) is 0 Å². The number of nitrogens with zero attached hydrogens (tertiary/aromatic N) is 2. The summed E-state index contributed by atoms with van der Waals surface area (Å²) >= 11 is 2.14. The number of H-pyrrole nitrogens is 1. The second kappa shape index (κ2) is 6.11. The Labute approximate surface area is 149 Å². The van der Waals surface area contributed by atoms with Crippen LogP contribution in [0.25, 0.3) is 22.2 Å². The second-order valence-electron chi connectivity index (χ2n) is 5.13. The third-order valence-electron chi connectivity index (χ3n) is 3.59. The number of para-hydroxylation sites is 1. The lowest BCUT2D eigenvalue weighted by molar-refractivity contribution is -0.380. The highest BCUT2D eigenvalue weighted by Gasteiger charge is 2.17. The first-order valence-electron chi connectivity index (χ1n) is 7.19. The summed E-state index contributed by atoms with van der Waals surface area (Å²) in [7, 11) is 0. The maximum Gasteiger partial charge on any atom is 0.324 e. The number of nitrogens with one attached hydrogen (secondary N) is 2. The van der Waals surface area contributed by atoms with E-state index in [1.165, 1.54) is 23.5 Å². The Morgan fingerprint density at radius 3 is 2.88 bits per heavy atom. The van der Waals surface area contributed by atoms with E-state index in [-0.39, 0.29) is 9.88 Å². The standard InChI is InChI=1S/C16H10N4O3S2/c21-15(13-5-6-14(25-13)20(22)23)19-16-18-12(8-24-16)10-7-17-11-4-2-1-3-9(10)11/h1-8,17H,(H,18,19,21). The molecule has 3 aromatic heterocycles. The molecular weight excluding hydrogens is 360 g/mol. The minimum atomic E-state index is -0.514. The van der Waals surface area contributed by atoms with Gasteiger partial charge in [0, 0.05) is 34.1 Å². The fourth-order valence-corrected chi connectivity index (χ4v) is 3.87. The van der Waals surface area contributed by atoms with Crippen LogP contribution < -0.4 is 5.32 Å². The number of benzene rings is 1. The minimum absolute atomic E-state index is 0.0660. The van der Waals surface area contributed by atoms with Gasteiger partial charge < -0.3 is 4.98 Å². The van der Waals surface area contributed by atoms with Crippen LogP contribution in [0.2, 0.25) is 0 Å². The van der Waals surface area contributed by atoms with E-state index < -0.39 is 10.8 Å². The number of thiophene rings is 1. The summed E-state index contributed by atoms with van der Waals surface area (Å²) in [5.74, 6) is -0.405. The van der Waals surface area contributed by atoms with Crippen molar-refractivity contribution >= 4 is 49.6 Å². The van der Waals surface area contributed by atoms with Gasteiger partial charge in [0.25, 0.3) is 5.91 Å². The summed E-state index contributed by atoms with van der Waals surface area (Å²) < 4.78 is 0. The number of nitro groups is 1. The van der Waals surface area contributed by atoms with Gasteiger partial charge >= 0.3 is 5.00 Å². The third kappa shape index (κ3) is 2.90. The summed E-state index contributed by atoms with van der Waals surface area (Å²) in [4.78, 5) is 30.3. The fourth-order valence-electron chi connectivity index (χ4n) is 2.44. The molecule has 0 aliphatic heterocycles. The van der Waals surface area contributed by atoms with E-state index in [9.17, 15) is 14.9 Å². The van der Waals surface area contributed by atoms with Gasteiger partial charge in [-0.05, 0) is 12.1 Å². The SMILES string of the molecule is O=C(Nc1nc(-c2c[nH]c3ccccc23)cs1)c1ccc([N+](=O)[O-])s1. The van der Waals surface area contributed by atoms with Crippen LogP contribution in [-0.4, -0.2) is 20.8 Å². The Balaban J connectivity index is 1.57. The first kappa shape index (κ1) is 15.5. The van der Waals surface area contributed by atoms with Gasteiger partial charge in [-0.2, -0.15) is 0 Å². The van der Waals surface area contributed by atoms with Gasteiger partial charge in [0.05, 0.1) is 15.5 Å². The van der Waals surface area contributed by atoms with Crippen LogP contribution in [0.1, 0.15) is 9.67 Å². The molecule has 25 heavy (non-hydrogen) atoms. The number of carbonyl (C=O) groups excluding carboxylic acids is 1. The van der Waals surface area contributed by atoms with E-state index in [0.717, 1.165) is 33.5 Å². The smallest absolute Gasteiger partial charge is 0.324 e. The quantitative estimate of drug-likeness (QED) is 0.407. The largest absolute Gasteiger partial charge is 0.360 e. The van der Waals surface area contributed by atoms with E-state index >= 15 is 0 Å². The van der Waals surface area contributed by atoms with Gasteiger partial charge in [-0.3, -0.25) is 20.2 Å². The average Bonchev–Trinajstić information content (AvgIpc) is 3.33. The Morgan fingerprint density at radius 1 is 1.24 bits per heavy atom. The van der Waals surface area contributed by atoms with Crippen LogP contribution in [0.3, 0.4) is 0 Å². The van der Waals surface area contributed by atoms with Crippen molar-refractivity contribution in [2.45, 2.75) is 0 Å². The molecule has 124 valence electrons. The van der Waals surface area contributed by atoms with Crippen molar-refractivity contribution in [2.24, 2.45) is 0 Å². The van der Waals surface area contributed by atoms with Gasteiger partial charge in [-0.1, -0.05) is 29.5 Å². The molecule has 0 radical (unpaired) electrons. The molecule has 2 N–H and O–H groups in total. The second-order valence-corrected chi connectivity index (χ2v) is 7.06. The number of thiazole rings is 1. The van der Waals surface area contributed by atoms with Crippen molar-refractivity contribution in [1.82, 2.24) is 9.97 Å². The lowest BCUT2D eigenvalue weighted by atomic mass is 10.1. The molecule has 0 saturated carbocycles. The highest BCUT2D eigenvalue weighted by Crippen LogP contribution is 2.31. The minimum Gasteiger partial charge on any atom is -0.360 e. The van der Waals surface area contributed by atoms with Crippen LogP contribution in [-0.2, 0) is 0 Å². The van der Waals surface area contributed by atoms with Crippen molar-refractivity contribution < 1.29 is 9.72 Å². The third-order valence-corrected chi connectivity index (χ3v) is 5.38. The Bertz CT molecular complexity index is 1100. The lowest BCUT2D eigenvalue weighted by Crippen LogP contribution is -2.09. The van der Waals surface area contributed by atoms with Crippen LogP contribution >= 0.6 is 22.7 Å². The van der Waals surface area contributed by atoms with E-state index in [1.54, 1.807) is 0 Å². The van der Waals surface area contributed by atoms with Gasteiger partial charge in [-0.15, -0.1) is 11.3 Å². The predicted molar refractivity (Wildman–Crippen MR) is 98.3 cm³/mol. The van der Waals surface area contributed by atoms with Crippen molar-refractivity contribution in [1.29, 1.82) is 0 Å². The van der Waals surface area contributed by atoms with Crippen LogP contribution in [0, 0.1) is 10.1 Å². The molecule has 4 rings (SSSR count). The molecule has 0 fully saturated rings. The van der Waals surface area contributed by atoms with E-state index in [0.29, 0.717) is 5.13 Å². The molecule has 1 amide bonds. The van der Waals surface area contributed by atoms with Crippen molar-refractivity contribution in [2.75, 3.05) is 5.32 Å². The number of aromatic nitrogens is 2. The molecule has 0 unspecified atom stereocenters. The van der Waals surface area contributed by atoms with E-state index in [4.69, 9.17) is 0 Å². The Kier molecular flexibility index (Phi) is 3.79. The highest BCUT2D eigenvalue weighted by atomic mass is 32.1. The van der Waals surface area contributed by atoms with Gasteiger partial charge in [0.15, 0.2) is 5.13 Å². The lowest BCUT2D eigenvalue weighted by Gasteiger charge is -1.98. The maximum atomic E-state index is 12.2. The molecule has 1 aromatic carbocycles. The summed E-state index contributed by atoms with van der Waals surface area (Å²) in [6.07, 6.45) is 1.88. The summed E-state index contributed by atoms with van der Waals surface area (Å²) in [5.41, 5.74) is 2.73. The van der Waals surface area contributed by atoms with Gasteiger partial charge in [-0.25, -0.2) is 4.98 Å². The topological polar surface area (TPSA) is 101 Å². The maximum absolute atomic E-state index is 12.2. The van der Waals surface area contributed by atoms with Crippen LogP contribution in [0.4, 0.5) is 10.1 Å². The molecule has 4 aromatic rings. The first-order chi connectivity index (χ1) is 12.1. The van der Waals surface area contributed by atoms with Crippen LogP contribution in [0.15, 0.2) is 48.0 Å². The molecule has 3 heterocycles. The summed E-state index contributed by atoms with van der Waals surface area (Å²) in [6, 6.07) is 10.7. The van der Waals surface area contributed by atoms with Crippen molar-refractivity contribution in [3.05, 3.63) is 63.0 Å². The highest BCUT2D eigenvalue weighted by molar-refractivity contribution is 7.17. The molecule has 0 spiro atoms. The first-order valence-corrected chi connectivity index (χ1v) is 8.89. The van der Waals surface area contributed by atoms with Crippen LogP contribution in [0.5, 0.6) is 0 Å². The van der Waals surface area contributed by atoms with E-state index in [1.807, 2.05) is 35.8 Å². The molecule has 0 bridgehead atoms. The number of anilines is 1. The number of carbonyl (C=O) groups is 1. The fraction of sp³-hybridized carbons (Fsp3) is 0. The molecule has 0 saturated heterocycles. The normalized spacial score (nSPS) is 10.9. The monoisotopic (exact) mass is 370 g/mol. The molecule has 0 aliphatic carbocycles.